The molecule has 0 aliphatic rings. The van der Waals surface area contributed by atoms with Crippen molar-refractivity contribution in [3.8, 4) is 11.5 Å². The van der Waals surface area contributed by atoms with Crippen molar-refractivity contribution in [2.45, 2.75) is 13.8 Å². The van der Waals surface area contributed by atoms with E-state index in [1.807, 2.05) is 32.0 Å². The average Bonchev–Trinajstić information content (AvgIpc) is 2.57. The Hall–Kier alpha value is -3.42. The Morgan fingerprint density at radius 1 is 1.36 bits per heavy atom. The van der Waals surface area contributed by atoms with Crippen molar-refractivity contribution >= 4 is 17.8 Å². The molecule has 0 bridgehead atoms. The third kappa shape index (κ3) is 4.77. The van der Waals surface area contributed by atoms with Crippen LogP contribution >= 0.6 is 0 Å². The highest BCUT2D eigenvalue weighted by Crippen LogP contribution is 2.27. The molecule has 0 aliphatic carbocycles. The van der Waals surface area contributed by atoms with Gasteiger partial charge in [0.25, 0.3) is 5.91 Å². The van der Waals surface area contributed by atoms with Crippen molar-refractivity contribution in [3.63, 3.8) is 0 Å². The van der Waals surface area contributed by atoms with Gasteiger partial charge in [0.05, 0.1) is 11.1 Å². The Balaban J connectivity index is 1.94. The van der Waals surface area contributed by atoms with E-state index in [9.17, 15) is 20.0 Å². The molecule has 0 heterocycles. The van der Waals surface area contributed by atoms with Gasteiger partial charge >= 0.3 is 5.69 Å². The number of aromatic hydroxyl groups is 1. The Labute approximate surface area is 143 Å². The maximum atomic E-state index is 11.7. The SMILES string of the molecule is Cc1ccc(C)c(OCC(=O)N/N=C\c2cccc([N+](=O)[O-])c2O)c1. The Bertz CT molecular complexity index is 833. The highest BCUT2D eigenvalue weighted by Gasteiger charge is 2.15. The van der Waals surface area contributed by atoms with Crippen LogP contribution in [0.3, 0.4) is 0 Å². The van der Waals surface area contributed by atoms with Crippen molar-refractivity contribution in [3.05, 3.63) is 63.2 Å². The zero-order valence-electron chi connectivity index (χ0n) is 13.7. The highest BCUT2D eigenvalue weighted by atomic mass is 16.6. The fraction of sp³-hybridized carbons (Fsp3) is 0.176. The van der Waals surface area contributed by atoms with Crippen molar-refractivity contribution in [2.75, 3.05) is 6.61 Å². The first-order valence-corrected chi connectivity index (χ1v) is 7.37. The molecule has 0 atom stereocenters. The molecule has 2 N–H and O–H groups in total. The third-order valence-electron chi connectivity index (χ3n) is 3.34. The lowest BCUT2D eigenvalue weighted by Crippen LogP contribution is -2.24. The maximum Gasteiger partial charge on any atom is 0.311 e. The molecule has 0 radical (unpaired) electrons. The van der Waals surface area contributed by atoms with Crippen LogP contribution in [0, 0.1) is 24.0 Å². The van der Waals surface area contributed by atoms with E-state index in [4.69, 9.17) is 4.74 Å². The lowest BCUT2D eigenvalue weighted by atomic mass is 10.1. The molecule has 25 heavy (non-hydrogen) atoms. The minimum Gasteiger partial charge on any atom is -0.502 e. The summed E-state index contributed by atoms with van der Waals surface area (Å²) in [5.41, 5.74) is 3.84. The second kappa shape index (κ2) is 7.91. The van der Waals surface area contributed by atoms with Crippen LogP contribution in [0.15, 0.2) is 41.5 Å². The van der Waals surface area contributed by atoms with Gasteiger partial charge in [-0.05, 0) is 37.1 Å². The van der Waals surface area contributed by atoms with Crippen molar-refractivity contribution < 1.29 is 19.6 Å². The number of amides is 1. The summed E-state index contributed by atoms with van der Waals surface area (Å²) < 4.78 is 5.43. The van der Waals surface area contributed by atoms with Crippen LogP contribution in [-0.4, -0.2) is 28.8 Å². The molecular weight excluding hydrogens is 326 g/mol. The topological polar surface area (TPSA) is 114 Å². The number of benzene rings is 2. The molecule has 0 fully saturated rings. The van der Waals surface area contributed by atoms with Crippen LogP contribution in [0.25, 0.3) is 0 Å². The minimum absolute atomic E-state index is 0.116. The summed E-state index contributed by atoms with van der Waals surface area (Å²) in [5.74, 6) is -0.408. The lowest BCUT2D eigenvalue weighted by Gasteiger charge is -2.08. The number of nitro benzene ring substituents is 1. The molecular formula is C17H17N3O5. The fourth-order valence-electron chi connectivity index (χ4n) is 2.01. The van der Waals surface area contributed by atoms with Crippen LogP contribution in [0.1, 0.15) is 16.7 Å². The van der Waals surface area contributed by atoms with E-state index >= 15 is 0 Å². The Morgan fingerprint density at radius 2 is 2.12 bits per heavy atom. The van der Waals surface area contributed by atoms with Crippen LogP contribution in [-0.2, 0) is 4.79 Å². The predicted molar refractivity (Wildman–Crippen MR) is 91.9 cm³/mol. The predicted octanol–water partition coefficient (Wildman–Crippen LogP) is 2.45. The number of nitro groups is 1. The number of ether oxygens (including phenoxy) is 1. The van der Waals surface area contributed by atoms with Crippen LogP contribution in [0.5, 0.6) is 11.5 Å². The Morgan fingerprint density at radius 3 is 2.84 bits per heavy atom. The molecule has 130 valence electrons. The van der Waals surface area contributed by atoms with Crippen molar-refractivity contribution in [1.29, 1.82) is 0 Å². The van der Waals surface area contributed by atoms with Crippen molar-refractivity contribution in [1.82, 2.24) is 5.43 Å². The number of carbonyl (C=O) groups is 1. The van der Waals surface area contributed by atoms with Gasteiger partial charge in [0.2, 0.25) is 5.75 Å². The number of rotatable bonds is 6. The zero-order valence-corrected chi connectivity index (χ0v) is 13.7. The van der Waals surface area contributed by atoms with Crippen LogP contribution in [0.4, 0.5) is 5.69 Å². The quantitative estimate of drug-likeness (QED) is 0.475. The van der Waals surface area contributed by atoms with E-state index in [1.165, 1.54) is 18.2 Å². The molecule has 2 aromatic carbocycles. The summed E-state index contributed by atoms with van der Waals surface area (Å²) in [7, 11) is 0. The lowest BCUT2D eigenvalue weighted by molar-refractivity contribution is -0.385. The minimum atomic E-state index is -0.705. The van der Waals surface area contributed by atoms with E-state index in [-0.39, 0.29) is 12.2 Å². The number of hydrazone groups is 1. The molecule has 0 saturated carbocycles. The highest BCUT2D eigenvalue weighted by molar-refractivity contribution is 5.87. The first kappa shape index (κ1) is 17.9. The van der Waals surface area contributed by atoms with E-state index in [2.05, 4.69) is 10.5 Å². The number of phenolic OH excluding ortho intramolecular Hbond substituents is 1. The average molecular weight is 343 g/mol. The molecule has 0 unspecified atom stereocenters. The van der Waals surface area contributed by atoms with Gasteiger partial charge in [-0.3, -0.25) is 14.9 Å². The molecule has 8 heteroatoms. The van der Waals surface area contributed by atoms with Gasteiger partial charge in [0.15, 0.2) is 6.61 Å². The third-order valence-corrected chi connectivity index (χ3v) is 3.34. The van der Waals surface area contributed by atoms with Crippen molar-refractivity contribution in [2.24, 2.45) is 5.10 Å². The number of nitrogens with zero attached hydrogens (tertiary/aromatic N) is 2. The molecule has 0 saturated heterocycles. The number of phenols is 1. The fourth-order valence-corrected chi connectivity index (χ4v) is 2.01. The molecule has 0 aromatic heterocycles. The molecule has 2 rings (SSSR count). The zero-order chi connectivity index (χ0) is 18.4. The van der Waals surface area contributed by atoms with Gasteiger partial charge < -0.3 is 9.84 Å². The van der Waals surface area contributed by atoms with E-state index in [0.717, 1.165) is 17.3 Å². The number of hydrogen-bond donors (Lipinski definition) is 2. The maximum absolute atomic E-state index is 11.7. The van der Waals surface area contributed by atoms with Gasteiger partial charge in [0, 0.05) is 11.6 Å². The molecule has 1 amide bonds. The molecule has 0 spiro atoms. The van der Waals surface area contributed by atoms with Crippen LogP contribution in [0.2, 0.25) is 0 Å². The second-order valence-corrected chi connectivity index (χ2v) is 5.32. The van der Waals surface area contributed by atoms with E-state index in [1.54, 1.807) is 0 Å². The number of aryl methyl sites for hydroxylation is 2. The number of hydrogen-bond acceptors (Lipinski definition) is 6. The van der Waals surface area contributed by atoms with Gasteiger partial charge in [-0.15, -0.1) is 0 Å². The standard InChI is InChI=1S/C17H17N3O5/c1-11-6-7-12(2)15(8-11)25-10-16(21)19-18-9-13-4-3-5-14(17(13)22)20(23)24/h3-9,22H,10H2,1-2H3,(H,19,21)/b18-9-. The summed E-state index contributed by atoms with van der Waals surface area (Å²) in [6.07, 6.45) is 1.12. The summed E-state index contributed by atoms with van der Waals surface area (Å²) in [4.78, 5) is 21.8. The summed E-state index contributed by atoms with van der Waals surface area (Å²) in [6, 6.07) is 9.68. The van der Waals surface area contributed by atoms with Gasteiger partial charge in [-0.1, -0.05) is 18.2 Å². The van der Waals surface area contributed by atoms with E-state index in [0.29, 0.717) is 5.75 Å². The Kier molecular flexibility index (Phi) is 5.67. The summed E-state index contributed by atoms with van der Waals surface area (Å²) in [5, 5.41) is 24.2. The largest absolute Gasteiger partial charge is 0.502 e. The number of nitrogens with one attached hydrogen (secondary N) is 1. The van der Waals surface area contributed by atoms with Gasteiger partial charge in [-0.2, -0.15) is 5.10 Å². The summed E-state index contributed by atoms with van der Waals surface area (Å²) in [6.45, 7) is 3.56. The second-order valence-electron chi connectivity index (χ2n) is 5.32. The van der Waals surface area contributed by atoms with E-state index < -0.39 is 22.3 Å². The molecule has 0 aliphatic heterocycles. The summed E-state index contributed by atoms with van der Waals surface area (Å²) >= 11 is 0. The smallest absolute Gasteiger partial charge is 0.311 e. The first-order valence-electron chi connectivity index (χ1n) is 7.37. The number of carbonyl (C=O) groups excluding carboxylic acids is 1. The molecule has 8 nitrogen and oxygen atoms in total. The molecule has 2 aromatic rings. The first-order chi connectivity index (χ1) is 11.9. The monoisotopic (exact) mass is 343 g/mol. The van der Waals surface area contributed by atoms with Gasteiger partial charge in [0.1, 0.15) is 5.75 Å². The van der Waals surface area contributed by atoms with Gasteiger partial charge in [-0.25, -0.2) is 5.43 Å². The normalized spacial score (nSPS) is 10.6. The van der Waals surface area contributed by atoms with Crippen LogP contribution < -0.4 is 10.2 Å². The number of para-hydroxylation sites is 1.